The van der Waals surface area contributed by atoms with Crippen molar-refractivity contribution in [3.63, 3.8) is 0 Å². The molecule has 3 heterocycles. The molecule has 0 radical (unpaired) electrons. The molecule has 0 bridgehead atoms. The Labute approximate surface area is 345 Å². The molecule has 0 fully saturated rings. The molecular weight excluding hydrogens is 737 g/mol. The number of oxazole rings is 1. The molecule has 0 aliphatic carbocycles. The lowest BCUT2D eigenvalue weighted by molar-refractivity contribution is 0.622. The van der Waals surface area contributed by atoms with E-state index in [4.69, 9.17) is 18.2 Å². The molecule has 0 saturated carbocycles. The number of benzene rings is 9. The standard InChI is InChI=1S/C55H34N2O3/c1-3-11-35(12-4-1)36-21-26-41(27-22-36)57(43-16-9-15-40(33-43)44-18-10-19-46-45-17-7-8-20-49(45)59-53(44)46)42-28-23-37(24-29-42)39-25-31-50-47(34-39)52-51(58-50)32-30-48-54(52)60-55(56-48)38-13-5-2-6-14-38/h1-34H. The second-order valence-electron chi connectivity index (χ2n) is 15.1. The molecule has 0 N–H and O–H groups in total. The van der Waals surface area contributed by atoms with E-state index in [0.29, 0.717) is 5.89 Å². The fourth-order valence-corrected chi connectivity index (χ4v) is 8.60. The third-order valence-corrected chi connectivity index (χ3v) is 11.5. The van der Waals surface area contributed by atoms with Crippen LogP contribution < -0.4 is 4.90 Å². The van der Waals surface area contributed by atoms with Gasteiger partial charge in [-0.25, -0.2) is 4.98 Å². The number of rotatable bonds is 7. The molecule has 0 atom stereocenters. The Bertz CT molecular complexity index is 3530. The molecule has 12 aromatic rings. The van der Waals surface area contributed by atoms with Crippen LogP contribution in [0, 0.1) is 0 Å². The third kappa shape index (κ3) is 5.67. The van der Waals surface area contributed by atoms with Gasteiger partial charge in [-0.3, -0.25) is 0 Å². The average molecular weight is 771 g/mol. The molecule has 3 aromatic heterocycles. The van der Waals surface area contributed by atoms with Gasteiger partial charge in [0.1, 0.15) is 27.8 Å². The second-order valence-corrected chi connectivity index (χ2v) is 15.1. The number of para-hydroxylation sites is 2. The molecule has 0 unspecified atom stereocenters. The quantitative estimate of drug-likeness (QED) is 0.162. The fourth-order valence-electron chi connectivity index (χ4n) is 8.60. The smallest absolute Gasteiger partial charge is 0.227 e. The normalized spacial score (nSPS) is 11.7. The van der Waals surface area contributed by atoms with Crippen LogP contribution in [0.2, 0.25) is 0 Å². The number of furan rings is 2. The second kappa shape index (κ2) is 13.8. The molecule has 9 aromatic carbocycles. The summed E-state index contributed by atoms with van der Waals surface area (Å²) in [5.74, 6) is 0.593. The summed E-state index contributed by atoms with van der Waals surface area (Å²) in [4.78, 5) is 7.14. The van der Waals surface area contributed by atoms with Gasteiger partial charge in [-0.2, -0.15) is 0 Å². The Morgan fingerprint density at radius 3 is 1.72 bits per heavy atom. The van der Waals surface area contributed by atoms with Crippen molar-refractivity contribution in [3.05, 3.63) is 206 Å². The minimum atomic E-state index is 0.593. The minimum Gasteiger partial charge on any atom is -0.456 e. The topological polar surface area (TPSA) is 55.6 Å². The van der Waals surface area contributed by atoms with E-state index < -0.39 is 0 Å². The highest BCUT2D eigenvalue weighted by atomic mass is 16.4. The number of aromatic nitrogens is 1. The maximum atomic E-state index is 6.48. The Morgan fingerprint density at radius 2 is 0.933 bits per heavy atom. The molecule has 5 nitrogen and oxygen atoms in total. The highest BCUT2D eigenvalue weighted by Crippen LogP contribution is 2.42. The van der Waals surface area contributed by atoms with Crippen molar-refractivity contribution in [2.45, 2.75) is 0 Å². The number of hydrogen-bond donors (Lipinski definition) is 0. The monoisotopic (exact) mass is 770 g/mol. The molecule has 0 amide bonds. The van der Waals surface area contributed by atoms with Crippen LogP contribution in [0.5, 0.6) is 0 Å². The predicted octanol–water partition coefficient (Wildman–Crippen LogP) is 15.8. The Hall–Kier alpha value is -8.15. The van der Waals surface area contributed by atoms with Crippen LogP contribution >= 0.6 is 0 Å². The summed E-state index contributed by atoms with van der Waals surface area (Å²) in [5, 5.41) is 4.15. The summed E-state index contributed by atoms with van der Waals surface area (Å²) < 4.78 is 19.2. The van der Waals surface area contributed by atoms with Gasteiger partial charge in [0.15, 0.2) is 5.58 Å². The van der Waals surface area contributed by atoms with Gasteiger partial charge in [0.05, 0.1) is 5.39 Å². The van der Waals surface area contributed by atoms with Gasteiger partial charge in [-0.15, -0.1) is 0 Å². The van der Waals surface area contributed by atoms with Crippen LogP contribution in [-0.4, -0.2) is 4.98 Å². The van der Waals surface area contributed by atoms with Crippen molar-refractivity contribution in [2.24, 2.45) is 0 Å². The van der Waals surface area contributed by atoms with Crippen molar-refractivity contribution in [2.75, 3.05) is 4.90 Å². The highest BCUT2D eigenvalue weighted by Gasteiger charge is 2.19. The summed E-state index contributed by atoms with van der Waals surface area (Å²) in [6.07, 6.45) is 0. The first-order valence-corrected chi connectivity index (χ1v) is 20.1. The Kier molecular flexibility index (Phi) is 7.78. The van der Waals surface area contributed by atoms with Crippen LogP contribution in [0.25, 0.3) is 99.8 Å². The van der Waals surface area contributed by atoms with Crippen molar-refractivity contribution < 1.29 is 13.3 Å². The van der Waals surface area contributed by atoms with Crippen LogP contribution in [0.3, 0.4) is 0 Å². The van der Waals surface area contributed by atoms with E-state index in [2.05, 4.69) is 150 Å². The SMILES string of the molecule is c1ccc(-c2ccc(N(c3ccc(-c4ccc5oc6ccc7nc(-c8ccccc8)oc7c6c5c4)cc3)c3cccc(-c4cccc5c4oc4ccccc45)c3)cc2)cc1. The average Bonchev–Trinajstić information content (AvgIpc) is 4.04. The number of hydrogen-bond acceptors (Lipinski definition) is 5. The van der Waals surface area contributed by atoms with E-state index in [9.17, 15) is 0 Å². The maximum absolute atomic E-state index is 6.48. The first-order chi connectivity index (χ1) is 29.7. The largest absolute Gasteiger partial charge is 0.456 e. The lowest BCUT2D eigenvalue weighted by atomic mass is 10.00. The van der Waals surface area contributed by atoms with E-state index in [1.165, 1.54) is 11.1 Å². The van der Waals surface area contributed by atoms with Gasteiger partial charge in [0, 0.05) is 44.3 Å². The predicted molar refractivity (Wildman–Crippen MR) is 245 cm³/mol. The summed E-state index contributed by atoms with van der Waals surface area (Å²) in [6, 6.07) is 71.8. The van der Waals surface area contributed by atoms with Gasteiger partial charge >= 0.3 is 0 Å². The zero-order valence-corrected chi connectivity index (χ0v) is 32.2. The molecule has 5 heteroatoms. The molecule has 0 saturated heterocycles. The van der Waals surface area contributed by atoms with E-state index in [1.54, 1.807) is 0 Å². The number of nitrogens with zero attached hydrogens (tertiary/aromatic N) is 2. The fraction of sp³-hybridized carbons (Fsp3) is 0. The highest BCUT2D eigenvalue weighted by molar-refractivity contribution is 6.17. The van der Waals surface area contributed by atoms with Crippen LogP contribution in [0.15, 0.2) is 220 Å². The third-order valence-electron chi connectivity index (χ3n) is 11.5. The molecule has 12 rings (SSSR count). The van der Waals surface area contributed by atoms with Crippen LogP contribution in [0.4, 0.5) is 17.1 Å². The van der Waals surface area contributed by atoms with Gasteiger partial charge in [0.2, 0.25) is 5.89 Å². The molecule has 60 heavy (non-hydrogen) atoms. The van der Waals surface area contributed by atoms with Gasteiger partial charge in [-0.1, -0.05) is 127 Å². The van der Waals surface area contributed by atoms with E-state index in [0.717, 1.165) is 99.9 Å². The zero-order chi connectivity index (χ0) is 39.6. The first kappa shape index (κ1) is 33.9. The Balaban J connectivity index is 0.951. The number of anilines is 3. The Morgan fingerprint density at radius 1 is 0.333 bits per heavy atom. The maximum Gasteiger partial charge on any atom is 0.227 e. The van der Waals surface area contributed by atoms with E-state index in [-0.39, 0.29) is 0 Å². The zero-order valence-electron chi connectivity index (χ0n) is 32.2. The molecular formula is C55H34N2O3. The van der Waals surface area contributed by atoms with Gasteiger partial charge in [-0.05, 0) is 107 Å². The first-order valence-electron chi connectivity index (χ1n) is 20.1. The summed E-state index contributed by atoms with van der Waals surface area (Å²) >= 11 is 0. The van der Waals surface area contributed by atoms with Crippen molar-refractivity contribution in [1.82, 2.24) is 4.98 Å². The lowest BCUT2D eigenvalue weighted by Crippen LogP contribution is -2.10. The molecule has 0 aliphatic heterocycles. The molecule has 282 valence electrons. The lowest BCUT2D eigenvalue weighted by Gasteiger charge is -2.26. The molecule has 0 spiro atoms. The van der Waals surface area contributed by atoms with Crippen molar-refractivity contribution in [3.8, 4) is 44.8 Å². The van der Waals surface area contributed by atoms with E-state index >= 15 is 0 Å². The van der Waals surface area contributed by atoms with Crippen molar-refractivity contribution >= 4 is 72.0 Å². The van der Waals surface area contributed by atoms with Crippen LogP contribution in [0.1, 0.15) is 0 Å². The van der Waals surface area contributed by atoms with Gasteiger partial charge < -0.3 is 18.2 Å². The summed E-state index contributed by atoms with van der Waals surface area (Å²) in [6.45, 7) is 0. The number of fused-ring (bicyclic) bond motifs is 8. The van der Waals surface area contributed by atoms with E-state index in [1.807, 2.05) is 60.7 Å². The van der Waals surface area contributed by atoms with Gasteiger partial charge in [0.25, 0.3) is 0 Å². The summed E-state index contributed by atoms with van der Waals surface area (Å²) in [5.41, 5.74) is 15.6. The molecule has 0 aliphatic rings. The van der Waals surface area contributed by atoms with Crippen LogP contribution in [-0.2, 0) is 0 Å². The minimum absolute atomic E-state index is 0.593. The summed E-state index contributed by atoms with van der Waals surface area (Å²) in [7, 11) is 0. The van der Waals surface area contributed by atoms with Crippen molar-refractivity contribution in [1.29, 1.82) is 0 Å².